The molecular formula is C6H14N4O2S. The minimum Gasteiger partial charge on any atom is -0.215 e. The largest absolute Gasteiger partial charge is 0.215 e. The van der Waals surface area contributed by atoms with E-state index in [4.69, 9.17) is 5.53 Å². The second kappa shape index (κ2) is 4.45. The monoisotopic (exact) mass is 206 g/mol. The molecule has 0 saturated carbocycles. The highest BCUT2D eigenvalue weighted by Crippen LogP contribution is 2.13. The van der Waals surface area contributed by atoms with Crippen LogP contribution in [0.1, 0.15) is 13.8 Å². The molecule has 0 amide bonds. The van der Waals surface area contributed by atoms with Crippen molar-refractivity contribution in [3.8, 4) is 0 Å². The van der Waals surface area contributed by atoms with E-state index in [1.54, 1.807) is 0 Å². The summed E-state index contributed by atoms with van der Waals surface area (Å²) < 4.78 is 23.8. The summed E-state index contributed by atoms with van der Waals surface area (Å²) in [5, 5.41) is 3.39. The van der Waals surface area contributed by atoms with Gasteiger partial charge in [0.15, 0.2) is 0 Å². The minimum atomic E-state index is -3.17. The number of nitrogens with zero attached hydrogens (tertiary/aromatic N) is 3. The highest BCUT2D eigenvalue weighted by atomic mass is 32.2. The molecule has 0 spiro atoms. The first kappa shape index (κ1) is 12.2. The van der Waals surface area contributed by atoms with Gasteiger partial charge in [-0.15, -0.1) is 0 Å². The van der Waals surface area contributed by atoms with Crippen LogP contribution in [0.2, 0.25) is 0 Å². The Kier molecular flexibility index (Phi) is 4.19. The molecule has 1 N–H and O–H groups in total. The Labute approximate surface area is 78.0 Å². The van der Waals surface area contributed by atoms with Gasteiger partial charge in [-0.2, -0.15) is 0 Å². The summed E-state index contributed by atoms with van der Waals surface area (Å²) in [6, 6.07) is 0. The smallest absolute Gasteiger partial charge is 0.208 e. The van der Waals surface area contributed by atoms with Crippen molar-refractivity contribution in [2.45, 2.75) is 13.8 Å². The second-order valence-corrected chi connectivity index (χ2v) is 5.48. The number of hydrogen-bond donors (Lipinski definition) is 1. The number of azide groups is 1. The Bertz CT molecular complexity index is 303. The Hall–Kier alpha value is -0.780. The molecule has 0 aliphatic carbocycles. The van der Waals surface area contributed by atoms with E-state index in [9.17, 15) is 8.42 Å². The van der Waals surface area contributed by atoms with Gasteiger partial charge in [-0.1, -0.05) is 19.0 Å². The van der Waals surface area contributed by atoms with E-state index in [1.165, 1.54) is 0 Å². The third kappa shape index (κ3) is 7.58. The van der Waals surface area contributed by atoms with Crippen LogP contribution >= 0.6 is 0 Å². The number of hydrogen-bond acceptors (Lipinski definition) is 3. The zero-order valence-corrected chi connectivity index (χ0v) is 8.80. The minimum absolute atomic E-state index is 0.269. The molecule has 0 radical (unpaired) electrons. The summed E-state index contributed by atoms with van der Waals surface area (Å²) in [6.45, 7) is 4.18. The summed E-state index contributed by atoms with van der Waals surface area (Å²) in [6.07, 6.45) is 1.09. The zero-order chi connectivity index (χ0) is 10.5. The van der Waals surface area contributed by atoms with Crippen molar-refractivity contribution < 1.29 is 8.42 Å². The van der Waals surface area contributed by atoms with Gasteiger partial charge < -0.3 is 0 Å². The van der Waals surface area contributed by atoms with Gasteiger partial charge in [0.2, 0.25) is 10.0 Å². The van der Waals surface area contributed by atoms with Crippen LogP contribution < -0.4 is 4.72 Å². The maximum absolute atomic E-state index is 10.7. The molecule has 7 heteroatoms. The van der Waals surface area contributed by atoms with E-state index < -0.39 is 10.0 Å². The molecule has 0 rings (SSSR count). The molecule has 0 fully saturated rings. The number of rotatable bonds is 5. The van der Waals surface area contributed by atoms with Crippen LogP contribution in [-0.4, -0.2) is 27.8 Å². The molecule has 0 aromatic rings. The van der Waals surface area contributed by atoms with Gasteiger partial charge in [0, 0.05) is 18.0 Å². The quantitative estimate of drug-likeness (QED) is 0.410. The third-order valence-corrected chi connectivity index (χ3v) is 2.04. The third-order valence-electron chi connectivity index (χ3n) is 1.37. The van der Waals surface area contributed by atoms with Crippen molar-refractivity contribution in [2.24, 2.45) is 10.5 Å². The predicted molar refractivity (Wildman–Crippen MR) is 50.6 cm³/mol. The Morgan fingerprint density at radius 1 is 1.54 bits per heavy atom. The van der Waals surface area contributed by atoms with Crippen molar-refractivity contribution in [3.63, 3.8) is 0 Å². The SMILES string of the molecule is CC(C)(CN=[N+]=[N-])CNS(C)(=O)=O. The molecule has 13 heavy (non-hydrogen) atoms. The second-order valence-electron chi connectivity index (χ2n) is 3.65. The van der Waals surface area contributed by atoms with Crippen LogP contribution in [-0.2, 0) is 10.0 Å². The highest BCUT2D eigenvalue weighted by molar-refractivity contribution is 7.88. The molecule has 0 aromatic carbocycles. The summed E-state index contributed by atoms with van der Waals surface area (Å²) in [5.41, 5.74) is 7.73. The topological polar surface area (TPSA) is 94.9 Å². The fourth-order valence-electron chi connectivity index (χ4n) is 0.605. The summed E-state index contributed by atoms with van der Waals surface area (Å²) >= 11 is 0. The van der Waals surface area contributed by atoms with E-state index in [0.29, 0.717) is 0 Å². The van der Waals surface area contributed by atoms with Crippen LogP contribution in [0.3, 0.4) is 0 Å². The molecule has 0 bridgehead atoms. The lowest BCUT2D eigenvalue weighted by Gasteiger charge is -2.21. The van der Waals surface area contributed by atoms with Gasteiger partial charge >= 0.3 is 0 Å². The molecule has 0 aliphatic heterocycles. The van der Waals surface area contributed by atoms with E-state index >= 15 is 0 Å². The lowest BCUT2D eigenvalue weighted by Crippen LogP contribution is -2.34. The lowest BCUT2D eigenvalue weighted by atomic mass is 9.94. The molecule has 0 aliphatic rings. The fourth-order valence-corrected chi connectivity index (χ4v) is 1.26. The van der Waals surface area contributed by atoms with Crippen molar-refractivity contribution in [1.82, 2.24) is 4.72 Å². The average Bonchev–Trinajstić information content (AvgIpc) is 1.97. The van der Waals surface area contributed by atoms with Gasteiger partial charge in [-0.3, -0.25) is 0 Å². The normalized spacial score (nSPS) is 12.2. The molecular weight excluding hydrogens is 192 g/mol. The van der Waals surface area contributed by atoms with Gasteiger partial charge in [-0.25, -0.2) is 13.1 Å². The average molecular weight is 206 g/mol. The zero-order valence-electron chi connectivity index (χ0n) is 7.98. The summed E-state index contributed by atoms with van der Waals surface area (Å²) in [4.78, 5) is 2.61. The van der Waals surface area contributed by atoms with Gasteiger partial charge in [0.25, 0.3) is 0 Å². The lowest BCUT2D eigenvalue weighted by molar-refractivity contribution is 0.376. The Balaban J connectivity index is 4.10. The van der Waals surface area contributed by atoms with E-state index in [2.05, 4.69) is 14.7 Å². The predicted octanol–water partition coefficient (Wildman–Crippen LogP) is 0.872. The van der Waals surface area contributed by atoms with E-state index in [0.717, 1.165) is 6.26 Å². The molecule has 0 heterocycles. The first-order valence-electron chi connectivity index (χ1n) is 3.72. The Morgan fingerprint density at radius 3 is 2.46 bits per heavy atom. The molecule has 0 atom stereocenters. The van der Waals surface area contributed by atoms with Crippen LogP contribution in [0.4, 0.5) is 0 Å². The highest BCUT2D eigenvalue weighted by Gasteiger charge is 2.18. The fraction of sp³-hybridized carbons (Fsp3) is 1.00. The number of sulfonamides is 1. The van der Waals surface area contributed by atoms with Crippen LogP contribution in [0.15, 0.2) is 5.11 Å². The van der Waals surface area contributed by atoms with E-state index in [-0.39, 0.29) is 18.5 Å². The van der Waals surface area contributed by atoms with Crippen LogP contribution in [0.5, 0.6) is 0 Å². The van der Waals surface area contributed by atoms with E-state index in [1.807, 2.05) is 13.8 Å². The molecule has 0 unspecified atom stereocenters. The van der Waals surface area contributed by atoms with Crippen molar-refractivity contribution in [2.75, 3.05) is 19.3 Å². The Morgan fingerprint density at radius 2 is 2.08 bits per heavy atom. The standard InChI is InChI=1S/C6H14N4O2S/c1-6(2,4-8-10-7)5-9-13(3,11)12/h9H,4-5H2,1-3H3. The number of nitrogens with one attached hydrogen (secondary N) is 1. The van der Waals surface area contributed by atoms with Gasteiger partial charge in [0.1, 0.15) is 0 Å². The first-order chi connectivity index (χ1) is 5.77. The maximum Gasteiger partial charge on any atom is 0.208 e. The van der Waals surface area contributed by atoms with Crippen LogP contribution in [0, 0.1) is 5.41 Å². The van der Waals surface area contributed by atoms with Crippen molar-refractivity contribution in [3.05, 3.63) is 10.4 Å². The summed E-state index contributed by atoms with van der Waals surface area (Å²) in [5.74, 6) is 0. The summed E-state index contributed by atoms with van der Waals surface area (Å²) in [7, 11) is -3.17. The maximum atomic E-state index is 10.7. The molecule has 6 nitrogen and oxygen atoms in total. The van der Waals surface area contributed by atoms with Crippen LogP contribution in [0.25, 0.3) is 10.4 Å². The van der Waals surface area contributed by atoms with Gasteiger partial charge in [0.05, 0.1) is 6.26 Å². The first-order valence-corrected chi connectivity index (χ1v) is 5.61. The molecule has 0 saturated heterocycles. The van der Waals surface area contributed by atoms with Gasteiger partial charge in [-0.05, 0) is 10.9 Å². The molecule has 76 valence electrons. The van der Waals surface area contributed by atoms with Crippen molar-refractivity contribution in [1.29, 1.82) is 0 Å². The molecule has 0 aromatic heterocycles. The van der Waals surface area contributed by atoms with Crippen molar-refractivity contribution >= 4 is 10.0 Å².